The van der Waals surface area contributed by atoms with E-state index in [1.807, 2.05) is 31.4 Å². The fourth-order valence-corrected chi connectivity index (χ4v) is 6.57. The molecule has 0 unspecified atom stereocenters. The Kier molecular flexibility index (Phi) is 11.4. The number of amides is 2. The summed E-state index contributed by atoms with van der Waals surface area (Å²) in [7, 11) is -1.90. The first kappa shape index (κ1) is 34.1. The Hall–Kier alpha value is -3.08. The van der Waals surface area contributed by atoms with Crippen molar-refractivity contribution in [3.8, 4) is 5.75 Å². The van der Waals surface area contributed by atoms with Crippen LogP contribution in [0.1, 0.15) is 49.0 Å². The Morgan fingerprint density at radius 2 is 1.76 bits per heavy atom. The number of methoxy groups -OCH3 is 2. The predicted molar refractivity (Wildman–Crippen MR) is 147 cm³/mol. The predicted octanol–water partition coefficient (Wildman–Crippen LogP) is 3.58. The third-order valence-corrected chi connectivity index (χ3v) is 9.04. The van der Waals surface area contributed by atoms with E-state index in [0.29, 0.717) is 17.8 Å². The lowest BCUT2D eigenvalue weighted by molar-refractivity contribution is -0.162. The number of hydrogen-bond donors (Lipinski definition) is 4. The van der Waals surface area contributed by atoms with Gasteiger partial charge in [0.2, 0.25) is 15.9 Å². The Morgan fingerprint density at radius 1 is 1.12 bits per heavy atom. The number of aliphatic hydroxyl groups excluding tert-OH is 1. The molecule has 2 amide bonds. The van der Waals surface area contributed by atoms with Gasteiger partial charge in [-0.05, 0) is 42.2 Å². The summed E-state index contributed by atoms with van der Waals surface area (Å²) in [5, 5.41) is 14.2. The number of sulfonamides is 1. The van der Waals surface area contributed by atoms with E-state index < -0.39 is 53.4 Å². The largest absolute Gasteiger partial charge is 0.495 e. The molecule has 16 heteroatoms. The monoisotopic (exact) mass is 624 g/mol. The SMILES string of the molecule is COC(=O)NCC(=O)N[C@H](c1ccc([C@@H](CO)N(CCC(C)(C)C)S(=O)(=O)c2ccc(OC)c(N)c2)s1)C(F)(F)F. The number of ether oxygens (including phenoxy) is 2. The van der Waals surface area contributed by atoms with Crippen LogP contribution in [0.25, 0.3) is 0 Å². The van der Waals surface area contributed by atoms with Crippen LogP contribution in [0.15, 0.2) is 35.2 Å². The van der Waals surface area contributed by atoms with Crippen molar-refractivity contribution in [1.82, 2.24) is 14.9 Å². The molecule has 1 heterocycles. The van der Waals surface area contributed by atoms with Gasteiger partial charge >= 0.3 is 12.3 Å². The molecular weight excluding hydrogens is 589 g/mol. The van der Waals surface area contributed by atoms with Crippen molar-refractivity contribution in [2.24, 2.45) is 5.41 Å². The standard InChI is InChI=1S/C25H35F3N4O7S2/c1-24(2,3)10-11-32(41(36,37)15-6-7-18(38-4)16(29)12-15)17(14-33)19-8-9-20(40-19)22(25(26,27)28)31-21(34)13-30-23(35)39-5/h6-9,12,17,22,33H,10-11,13-14,29H2,1-5H3,(H,30,35)(H,31,34)/t17-,22-/m1/s1. The number of nitrogen functional groups attached to an aromatic ring is 1. The maximum absolute atomic E-state index is 13.9. The Balaban J connectivity index is 2.49. The van der Waals surface area contributed by atoms with Gasteiger partial charge in [0.1, 0.15) is 12.3 Å². The van der Waals surface area contributed by atoms with Crippen molar-refractivity contribution in [3.63, 3.8) is 0 Å². The lowest BCUT2D eigenvalue weighted by atomic mass is 9.92. The number of aliphatic hydroxyl groups is 1. The van der Waals surface area contributed by atoms with Gasteiger partial charge in [0.05, 0.1) is 37.5 Å². The number of nitrogens with zero attached hydrogens (tertiary/aromatic N) is 1. The smallest absolute Gasteiger partial charge is 0.413 e. The van der Waals surface area contributed by atoms with E-state index in [1.165, 1.54) is 31.4 Å². The van der Waals surface area contributed by atoms with Crippen molar-refractivity contribution in [2.75, 3.05) is 39.6 Å². The van der Waals surface area contributed by atoms with Crippen molar-refractivity contribution >= 4 is 39.0 Å². The summed E-state index contributed by atoms with van der Waals surface area (Å²) in [6.07, 6.45) is -5.56. The van der Waals surface area contributed by atoms with Crippen LogP contribution in [0.4, 0.5) is 23.7 Å². The maximum atomic E-state index is 13.9. The number of carbonyl (C=O) groups is 2. The van der Waals surface area contributed by atoms with Gasteiger partial charge in [-0.25, -0.2) is 13.2 Å². The van der Waals surface area contributed by atoms with Crippen LogP contribution in [0.2, 0.25) is 0 Å². The van der Waals surface area contributed by atoms with E-state index >= 15 is 0 Å². The molecule has 2 rings (SSSR count). The quantitative estimate of drug-likeness (QED) is 0.261. The average molecular weight is 625 g/mol. The Morgan fingerprint density at radius 3 is 2.27 bits per heavy atom. The number of rotatable bonds is 12. The number of benzene rings is 1. The summed E-state index contributed by atoms with van der Waals surface area (Å²) in [5.41, 5.74) is 5.67. The molecule has 2 aromatic rings. The molecule has 230 valence electrons. The number of hydrogen-bond acceptors (Lipinski definition) is 9. The molecule has 1 aromatic heterocycles. The number of anilines is 1. The summed E-state index contributed by atoms with van der Waals surface area (Å²) >= 11 is 0.596. The molecule has 0 fully saturated rings. The Labute approximate surface area is 240 Å². The molecule has 0 aliphatic heterocycles. The molecule has 41 heavy (non-hydrogen) atoms. The highest BCUT2D eigenvalue weighted by Gasteiger charge is 2.43. The molecule has 0 saturated carbocycles. The van der Waals surface area contributed by atoms with E-state index in [2.05, 4.69) is 4.74 Å². The van der Waals surface area contributed by atoms with Crippen LogP contribution in [0.3, 0.4) is 0 Å². The first-order chi connectivity index (χ1) is 18.9. The molecule has 0 bridgehead atoms. The molecule has 0 aliphatic rings. The topological polar surface area (TPSA) is 160 Å². The lowest BCUT2D eigenvalue weighted by Crippen LogP contribution is -2.43. The molecule has 5 N–H and O–H groups in total. The van der Waals surface area contributed by atoms with Crippen molar-refractivity contribution in [2.45, 2.75) is 50.3 Å². The highest BCUT2D eigenvalue weighted by Crippen LogP contribution is 2.40. The van der Waals surface area contributed by atoms with Gasteiger partial charge in [0.15, 0.2) is 6.04 Å². The van der Waals surface area contributed by atoms with Crippen LogP contribution in [0, 0.1) is 5.41 Å². The normalized spacial score (nSPS) is 13.9. The second-order valence-electron chi connectivity index (χ2n) is 10.2. The first-order valence-corrected chi connectivity index (χ1v) is 14.5. The third-order valence-electron chi connectivity index (χ3n) is 5.88. The zero-order valence-electron chi connectivity index (χ0n) is 23.2. The average Bonchev–Trinajstić information content (AvgIpc) is 3.35. The summed E-state index contributed by atoms with van der Waals surface area (Å²) in [4.78, 5) is 22.9. The first-order valence-electron chi connectivity index (χ1n) is 12.3. The van der Waals surface area contributed by atoms with E-state index in [0.717, 1.165) is 17.5 Å². The van der Waals surface area contributed by atoms with Gasteiger partial charge in [-0.2, -0.15) is 17.5 Å². The number of halogens is 3. The number of nitrogens with one attached hydrogen (secondary N) is 2. The van der Waals surface area contributed by atoms with Crippen LogP contribution < -0.4 is 21.1 Å². The van der Waals surface area contributed by atoms with E-state index in [4.69, 9.17) is 10.5 Å². The van der Waals surface area contributed by atoms with Gasteiger partial charge in [0.25, 0.3) is 0 Å². The van der Waals surface area contributed by atoms with Gasteiger partial charge in [-0.15, -0.1) is 11.3 Å². The molecule has 11 nitrogen and oxygen atoms in total. The summed E-state index contributed by atoms with van der Waals surface area (Å²) in [5.74, 6) is -0.869. The van der Waals surface area contributed by atoms with E-state index in [9.17, 15) is 36.3 Å². The molecular formula is C25H35F3N4O7S2. The molecule has 1 aromatic carbocycles. The zero-order chi connectivity index (χ0) is 31.2. The van der Waals surface area contributed by atoms with Gasteiger partial charge < -0.3 is 30.9 Å². The molecule has 2 atom stereocenters. The minimum Gasteiger partial charge on any atom is -0.495 e. The number of carbonyl (C=O) groups excluding carboxylic acids is 2. The summed E-state index contributed by atoms with van der Waals surface area (Å²) in [6.45, 7) is 4.13. The van der Waals surface area contributed by atoms with E-state index in [1.54, 1.807) is 0 Å². The fraction of sp³-hybridized carbons (Fsp3) is 0.520. The number of thiophene rings is 1. The van der Waals surface area contributed by atoms with E-state index in [-0.39, 0.29) is 38.0 Å². The highest BCUT2D eigenvalue weighted by atomic mass is 32.2. The van der Waals surface area contributed by atoms with Crippen LogP contribution in [0.5, 0.6) is 5.75 Å². The molecule has 0 aliphatic carbocycles. The van der Waals surface area contributed by atoms with Crippen LogP contribution >= 0.6 is 11.3 Å². The minimum absolute atomic E-state index is 0.0607. The highest BCUT2D eigenvalue weighted by molar-refractivity contribution is 7.89. The van der Waals surface area contributed by atoms with Gasteiger partial charge in [-0.1, -0.05) is 20.8 Å². The second kappa shape index (κ2) is 13.7. The number of nitrogens with two attached hydrogens (primary N) is 1. The van der Waals surface area contributed by atoms with Crippen molar-refractivity contribution in [1.29, 1.82) is 0 Å². The van der Waals surface area contributed by atoms with Gasteiger partial charge in [-0.3, -0.25) is 4.79 Å². The van der Waals surface area contributed by atoms with Crippen LogP contribution in [-0.2, 0) is 19.6 Å². The number of alkyl halides is 3. The third kappa shape index (κ3) is 9.21. The van der Waals surface area contributed by atoms with Crippen LogP contribution in [-0.4, -0.2) is 69.9 Å². The zero-order valence-corrected chi connectivity index (χ0v) is 24.9. The molecule has 0 saturated heterocycles. The van der Waals surface area contributed by atoms with Crippen molar-refractivity contribution in [3.05, 3.63) is 40.1 Å². The minimum atomic E-state index is -4.92. The lowest BCUT2D eigenvalue weighted by Gasteiger charge is -2.32. The van der Waals surface area contributed by atoms with Crippen molar-refractivity contribution < 1.29 is 45.8 Å². The number of alkyl carbamates (subject to hydrolysis) is 1. The molecule has 0 spiro atoms. The van der Waals surface area contributed by atoms with Gasteiger partial charge in [0, 0.05) is 16.3 Å². The molecule has 0 radical (unpaired) electrons. The fourth-order valence-electron chi connectivity index (χ4n) is 3.67. The second-order valence-corrected chi connectivity index (χ2v) is 13.2. The summed E-state index contributed by atoms with van der Waals surface area (Å²) in [6, 6.07) is 2.58. The Bertz CT molecular complexity index is 1310. The summed E-state index contributed by atoms with van der Waals surface area (Å²) < 4.78 is 79.9. The maximum Gasteiger partial charge on any atom is 0.413 e.